The number of rotatable bonds is 10. The molecule has 0 aliphatic carbocycles. The number of benzene rings is 4. The summed E-state index contributed by atoms with van der Waals surface area (Å²) >= 11 is 0. The van der Waals surface area contributed by atoms with Crippen LogP contribution in [0.25, 0.3) is 33.6 Å². The zero-order chi connectivity index (χ0) is 32.3. The van der Waals surface area contributed by atoms with E-state index in [0.717, 1.165) is 67.6 Å². The van der Waals surface area contributed by atoms with Gasteiger partial charge >= 0.3 is 6.11 Å². The smallest absolute Gasteiger partial charge is 0.429 e. The van der Waals surface area contributed by atoms with Crippen molar-refractivity contribution >= 4 is 0 Å². The van der Waals surface area contributed by atoms with E-state index in [-0.39, 0.29) is 33.6 Å². The number of nitrogens with zero attached hydrogens (tertiary/aromatic N) is 2. The lowest BCUT2D eigenvalue weighted by Gasteiger charge is -2.19. The van der Waals surface area contributed by atoms with Crippen molar-refractivity contribution in [2.45, 2.75) is 38.7 Å². The van der Waals surface area contributed by atoms with Crippen LogP contribution in [-0.2, 0) is 12.5 Å². The maximum atomic E-state index is 15.0. The number of alkyl halides is 2. The standard InChI is InChI=1S/C34H24F8N2O/c1-2-3-4-5-19-17-43-33(44-18-19)21-7-11-26(29(37)13-21)34(41,42)45-23-8-10-24(28(36)16-23)20-6-9-25(27(35)12-20)22-14-30(38)32(40)31(39)15-22/h6-18H,2-5H2,1H3. The molecule has 0 atom stereocenters. The number of hydrogen-bond donors (Lipinski definition) is 0. The molecule has 0 bridgehead atoms. The number of halogens is 8. The fourth-order valence-electron chi connectivity index (χ4n) is 4.73. The minimum atomic E-state index is -4.20. The molecule has 0 amide bonds. The van der Waals surface area contributed by atoms with Crippen LogP contribution in [0.5, 0.6) is 5.75 Å². The van der Waals surface area contributed by atoms with Gasteiger partial charge in [-0.25, -0.2) is 36.3 Å². The molecule has 232 valence electrons. The Balaban J connectivity index is 1.32. The third kappa shape index (κ3) is 6.97. The van der Waals surface area contributed by atoms with Gasteiger partial charge in [0.05, 0.1) is 5.56 Å². The maximum absolute atomic E-state index is 15.0. The summed E-state index contributed by atoms with van der Waals surface area (Å²) in [5.74, 6) is -8.58. The van der Waals surface area contributed by atoms with Gasteiger partial charge in [0.15, 0.2) is 23.3 Å². The molecular formula is C34H24F8N2O. The molecule has 4 aromatic carbocycles. The van der Waals surface area contributed by atoms with Gasteiger partial charge in [0.2, 0.25) is 0 Å². The molecule has 0 fully saturated rings. The van der Waals surface area contributed by atoms with Gasteiger partial charge in [0.1, 0.15) is 23.2 Å². The third-order valence-corrected chi connectivity index (χ3v) is 7.08. The molecule has 3 nitrogen and oxygen atoms in total. The number of hydrogen-bond acceptors (Lipinski definition) is 3. The average molecular weight is 629 g/mol. The van der Waals surface area contributed by atoms with Crippen molar-refractivity contribution in [3.8, 4) is 39.4 Å². The van der Waals surface area contributed by atoms with Gasteiger partial charge in [0, 0.05) is 35.2 Å². The third-order valence-electron chi connectivity index (χ3n) is 7.08. The lowest BCUT2D eigenvalue weighted by Crippen LogP contribution is -2.23. The molecule has 0 unspecified atom stereocenters. The summed E-state index contributed by atoms with van der Waals surface area (Å²) in [6, 6.07) is 10.00. The van der Waals surface area contributed by atoms with Crippen LogP contribution in [0.1, 0.15) is 37.3 Å². The topological polar surface area (TPSA) is 35.0 Å². The zero-order valence-corrected chi connectivity index (χ0v) is 23.7. The predicted octanol–water partition coefficient (Wildman–Crippen LogP) is 10.2. The monoisotopic (exact) mass is 628 g/mol. The van der Waals surface area contributed by atoms with Crippen molar-refractivity contribution in [3.05, 3.63) is 125 Å². The molecular weight excluding hydrogens is 604 g/mol. The van der Waals surface area contributed by atoms with Gasteiger partial charge in [-0.1, -0.05) is 38.0 Å². The summed E-state index contributed by atoms with van der Waals surface area (Å²) < 4.78 is 120. The molecule has 0 aliphatic heterocycles. The lowest BCUT2D eigenvalue weighted by atomic mass is 9.99. The number of aromatic nitrogens is 2. The first kappa shape index (κ1) is 31.6. The first-order valence-corrected chi connectivity index (χ1v) is 13.9. The Bertz CT molecular complexity index is 1820. The molecule has 1 heterocycles. The van der Waals surface area contributed by atoms with Crippen molar-refractivity contribution < 1.29 is 39.9 Å². The predicted molar refractivity (Wildman–Crippen MR) is 152 cm³/mol. The number of ether oxygens (including phenoxy) is 1. The summed E-state index contributed by atoms with van der Waals surface area (Å²) in [4.78, 5) is 8.40. The van der Waals surface area contributed by atoms with Crippen LogP contribution in [0.3, 0.4) is 0 Å². The highest BCUT2D eigenvalue weighted by atomic mass is 19.3. The molecule has 1 aromatic heterocycles. The van der Waals surface area contributed by atoms with Crippen LogP contribution in [-0.4, -0.2) is 9.97 Å². The van der Waals surface area contributed by atoms with E-state index in [2.05, 4.69) is 21.6 Å². The van der Waals surface area contributed by atoms with Crippen molar-refractivity contribution in [3.63, 3.8) is 0 Å². The van der Waals surface area contributed by atoms with Gasteiger partial charge in [-0.2, -0.15) is 8.78 Å². The van der Waals surface area contributed by atoms with Crippen LogP contribution in [0.4, 0.5) is 35.1 Å². The summed E-state index contributed by atoms with van der Waals surface area (Å²) in [5.41, 5.74) is -0.829. The van der Waals surface area contributed by atoms with E-state index in [1.807, 2.05) is 0 Å². The Hall–Kier alpha value is -4.80. The Labute approximate surface area is 253 Å². The van der Waals surface area contributed by atoms with E-state index >= 15 is 0 Å². The normalized spacial score (nSPS) is 11.6. The van der Waals surface area contributed by atoms with E-state index in [9.17, 15) is 35.1 Å². The SMILES string of the molecule is CCCCCc1cnc(-c2ccc(C(F)(F)Oc3ccc(-c4ccc(-c5cc(F)c(F)c(F)c5)c(F)c4)c(F)c3)c(F)c2)nc1. The Morgan fingerprint density at radius 1 is 0.622 bits per heavy atom. The molecule has 0 aliphatic rings. The maximum Gasteiger partial charge on any atom is 0.429 e. The average Bonchev–Trinajstić information content (AvgIpc) is 3.00. The Kier molecular flexibility index (Phi) is 9.17. The molecule has 0 saturated carbocycles. The lowest BCUT2D eigenvalue weighted by molar-refractivity contribution is -0.187. The van der Waals surface area contributed by atoms with Crippen LogP contribution in [0.2, 0.25) is 0 Å². The minimum absolute atomic E-state index is 0.0343. The van der Waals surface area contributed by atoms with E-state index < -0.39 is 52.3 Å². The molecule has 5 rings (SSSR count). The summed E-state index contributed by atoms with van der Waals surface area (Å²) in [6.45, 7) is 2.09. The molecule has 45 heavy (non-hydrogen) atoms. The van der Waals surface area contributed by atoms with Crippen LogP contribution < -0.4 is 4.74 Å². The Morgan fingerprint density at radius 2 is 1.20 bits per heavy atom. The summed E-state index contributed by atoms with van der Waals surface area (Å²) in [5, 5.41) is 0. The second-order valence-corrected chi connectivity index (χ2v) is 10.3. The molecule has 0 N–H and O–H groups in total. The second kappa shape index (κ2) is 13.1. The van der Waals surface area contributed by atoms with Crippen LogP contribution in [0, 0.1) is 34.9 Å². The second-order valence-electron chi connectivity index (χ2n) is 10.3. The van der Waals surface area contributed by atoms with E-state index in [1.54, 1.807) is 12.4 Å². The largest absolute Gasteiger partial charge is 0.429 e. The molecule has 5 aromatic rings. The number of unbranched alkanes of at least 4 members (excludes halogenated alkanes) is 2. The molecule has 11 heteroatoms. The highest BCUT2D eigenvalue weighted by molar-refractivity contribution is 5.72. The first-order valence-electron chi connectivity index (χ1n) is 13.9. The van der Waals surface area contributed by atoms with Crippen molar-refractivity contribution in [2.24, 2.45) is 0 Å². The van der Waals surface area contributed by atoms with Crippen LogP contribution >= 0.6 is 0 Å². The van der Waals surface area contributed by atoms with Gasteiger partial charge in [-0.05, 0) is 72.0 Å². The molecule has 0 spiro atoms. The van der Waals surface area contributed by atoms with Crippen molar-refractivity contribution in [1.82, 2.24) is 9.97 Å². The quantitative estimate of drug-likeness (QED) is 0.0877. The van der Waals surface area contributed by atoms with Crippen molar-refractivity contribution in [1.29, 1.82) is 0 Å². The van der Waals surface area contributed by atoms with E-state index in [4.69, 9.17) is 0 Å². The highest BCUT2D eigenvalue weighted by Crippen LogP contribution is 2.37. The van der Waals surface area contributed by atoms with Crippen molar-refractivity contribution in [2.75, 3.05) is 0 Å². The summed E-state index contributed by atoms with van der Waals surface area (Å²) in [7, 11) is 0. The highest BCUT2D eigenvalue weighted by Gasteiger charge is 2.38. The van der Waals surface area contributed by atoms with Gasteiger partial charge in [-0.15, -0.1) is 0 Å². The van der Waals surface area contributed by atoms with Gasteiger partial charge < -0.3 is 4.74 Å². The molecule has 0 radical (unpaired) electrons. The number of aryl methyl sites for hydroxylation is 1. The first-order chi connectivity index (χ1) is 21.5. The fourth-order valence-corrected chi connectivity index (χ4v) is 4.73. The minimum Gasteiger partial charge on any atom is -0.429 e. The van der Waals surface area contributed by atoms with E-state index in [1.165, 1.54) is 12.1 Å². The van der Waals surface area contributed by atoms with E-state index in [0.29, 0.717) is 18.2 Å². The van der Waals surface area contributed by atoms with Gasteiger partial charge in [-0.3, -0.25) is 0 Å². The van der Waals surface area contributed by atoms with Crippen LogP contribution in [0.15, 0.2) is 79.1 Å². The summed E-state index contributed by atoms with van der Waals surface area (Å²) in [6.07, 6.45) is 2.90. The van der Waals surface area contributed by atoms with Gasteiger partial charge in [0.25, 0.3) is 0 Å². The zero-order valence-electron chi connectivity index (χ0n) is 23.7. The molecule has 0 saturated heterocycles. The Morgan fingerprint density at radius 3 is 1.82 bits per heavy atom. The fraction of sp³-hybridized carbons (Fsp3) is 0.176.